The molecule has 5 heteroatoms. The minimum absolute atomic E-state index is 0.399. The minimum atomic E-state index is -0.478. The summed E-state index contributed by atoms with van der Waals surface area (Å²) >= 11 is 0. The van der Waals surface area contributed by atoms with Crippen LogP contribution in [0.2, 0.25) is 0 Å². The van der Waals surface area contributed by atoms with Gasteiger partial charge in [0.15, 0.2) is 0 Å². The van der Waals surface area contributed by atoms with Crippen molar-refractivity contribution < 1.29 is 9.53 Å². The zero-order chi connectivity index (χ0) is 15.3. The third kappa shape index (κ3) is 4.63. The third-order valence-electron chi connectivity index (χ3n) is 2.80. The van der Waals surface area contributed by atoms with Crippen molar-refractivity contribution >= 4 is 6.09 Å². The average molecular weight is 287 g/mol. The first-order chi connectivity index (χ1) is 9.96. The van der Waals surface area contributed by atoms with Crippen LogP contribution in [0, 0.1) is 0 Å². The Balaban J connectivity index is 1.91. The number of rotatable bonds is 4. The van der Waals surface area contributed by atoms with Gasteiger partial charge in [0.25, 0.3) is 0 Å². The maximum atomic E-state index is 11.6. The van der Waals surface area contributed by atoms with Crippen LogP contribution >= 0.6 is 0 Å². The van der Waals surface area contributed by atoms with Gasteiger partial charge in [-0.15, -0.1) is 0 Å². The highest BCUT2D eigenvalue weighted by molar-refractivity contribution is 5.67. The zero-order valence-electron chi connectivity index (χ0n) is 12.7. The third-order valence-corrected chi connectivity index (χ3v) is 2.80. The molecule has 1 heterocycles. The van der Waals surface area contributed by atoms with Gasteiger partial charge < -0.3 is 14.6 Å². The van der Waals surface area contributed by atoms with E-state index in [9.17, 15) is 4.79 Å². The molecule has 1 aromatic heterocycles. The number of alkyl carbamates (subject to hydrolysis) is 1. The molecule has 0 saturated carbocycles. The number of carbonyl (C=O) groups is 1. The van der Waals surface area contributed by atoms with Gasteiger partial charge in [0, 0.05) is 13.1 Å². The van der Waals surface area contributed by atoms with Gasteiger partial charge in [-0.05, 0) is 26.3 Å². The molecular formula is C16H21N3O2. The molecule has 1 aromatic carbocycles. The van der Waals surface area contributed by atoms with E-state index in [1.54, 1.807) is 6.33 Å². The first kappa shape index (κ1) is 15.1. The molecule has 0 fully saturated rings. The summed E-state index contributed by atoms with van der Waals surface area (Å²) in [6.45, 7) is 6.66. The monoisotopic (exact) mass is 287 g/mol. The van der Waals surface area contributed by atoms with Gasteiger partial charge in [0.05, 0.1) is 18.2 Å². The Hall–Kier alpha value is -2.30. The Morgan fingerprint density at radius 3 is 2.67 bits per heavy atom. The first-order valence-electron chi connectivity index (χ1n) is 6.98. The fraction of sp³-hybridized carbons (Fsp3) is 0.375. The summed E-state index contributed by atoms with van der Waals surface area (Å²) in [4.78, 5) is 15.8. The highest BCUT2D eigenvalue weighted by Crippen LogP contribution is 2.17. The molecule has 1 N–H and O–H groups in total. The Kier molecular flexibility index (Phi) is 4.62. The highest BCUT2D eigenvalue weighted by atomic mass is 16.6. The van der Waals surface area contributed by atoms with Gasteiger partial charge in [-0.1, -0.05) is 30.3 Å². The molecule has 0 unspecified atom stereocenters. The Labute approximate surface area is 125 Å². The van der Waals surface area contributed by atoms with Crippen molar-refractivity contribution in [2.24, 2.45) is 0 Å². The molecule has 0 bridgehead atoms. The smallest absolute Gasteiger partial charge is 0.407 e. The predicted molar refractivity (Wildman–Crippen MR) is 81.9 cm³/mol. The van der Waals surface area contributed by atoms with Gasteiger partial charge in [-0.25, -0.2) is 9.78 Å². The maximum Gasteiger partial charge on any atom is 0.407 e. The molecule has 0 saturated heterocycles. The molecule has 0 aliphatic heterocycles. The lowest BCUT2D eigenvalue weighted by Gasteiger charge is -2.19. The van der Waals surface area contributed by atoms with Crippen LogP contribution in [0.1, 0.15) is 20.8 Å². The van der Waals surface area contributed by atoms with Crippen LogP contribution in [0.3, 0.4) is 0 Å². The number of benzene rings is 1. The van der Waals surface area contributed by atoms with Crippen LogP contribution in [0.15, 0.2) is 42.9 Å². The van der Waals surface area contributed by atoms with E-state index in [0.717, 1.165) is 11.3 Å². The molecule has 0 aliphatic carbocycles. The van der Waals surface area contributed by atoms with E-state index in [0.29, 0.717) is 13.1 Å². The number of hydrogen-bond donors (Lipinski definition) is 1. The predicted octanol–water partition coefficient (Wildman–Crippen LogP) is 3.07. The normalized spacial score (nSPS) is 11.2. The molecule has 21 heavy (non-hydrogen) atoms. The second kappa shape index (κ2) is 6.43. The van der Waals surface area contributed by atoms with Gasteiger partial charge in [-0.3, -0.25) is 0 Å². The molecule has 2 rings (SSSR count). The number of aromatic nitrogens is 2. The molecule has 2 aromatic rings. The van der Waals surface area contributed by atoms with E-state index >= 15 is 0 Å². The van der Waals surface area contributed by atoms with Crippen molar-refractivity contribution in [3.8, 4) is 11.3 Å². The zero-order valence-corrected chi connectivity index (χ0v) is 12.7. The lowest BCUT2D eigenvalue weighted by atomic mass is 10.2. The highest BCUT2D eigenvalue weighted by Gasteiger charge is 2.15. The molecule has 112 valence electrons. The fourth-order valence-electron chi connectivity index (χ4n) is 1.94. The van der Waals surface area contributed by atoms with E-state index in [1.165, 1.54) is 0 Å². The summed E-state index contributed by atoms with van der Waals surface area (Å²) in [5.74, 6) is 0. The molecule has 0 radical (unpaired) electrons. The van der Waals surface area contributed by atoms with Crippen molar-refractivity contribution in [3.05, 3.63) is 42.9 Å². The second-order valence-corrected chi connectivity index (χ2v) is 5.77. The van der Waals surface area contributed by atoms with Crippen molar-refractivity contribution in [3.63, 3.8) is 0 Å². The number of carbonyl (C=O) groups excluding carboxylic acids is 1. The SMILES string of the molecule is CC(C)(C)OC(=O)NCCn1cncc1-c1ccccc1. The summed E-state index contributed by atoms with van der Waals surface area (Å²) in [6, 6.07) is 10.0. The summed E-state index contributed by atoms with van der Waals surface area (Å²) < 4.78 is 7.20. The van der Waals surface area contributed by atoms with E-state index in [2.05, 4.69) is 10.3 Å². The molecule has 1 amide bonds. The van der Waals surface area contributed by atoms with Crippen molar-refractivity contribution in [1.82, 2.24) is 14.9 Å². The lowest BCUT2D eigenvalue weighted by molar-refractivity contribution is 0.0526. The number of ether oxygens (including phenoxy) is 1. The standard InChI is InChI=1S/C16H21N3O2/c1-16(2,3)21-15(20)18-9-10-19-12-17-11-14(19)13-7-5-4-6-8-13/h4-8,11-12H,9-10H2,1-3H3,(H,18,20). The van der Waals surface area contributed by atoms with E-state index in [-0.39, 0.29) is 0 Å². The number of hydrogen-bond acceptors (Lipinski definition) is 3. The number of nitrogens with zero attached hydrogens (tertiary/aromatic N) is 2. The second-order valence-electron chi connectivity index (χ2n) is 5.77. The van der Waals surface area contributed by atoms with Crippen molar-refractivity contribution in [2.45, 2.75) is 32.9 Å². The van der Waals surface area contributed by atoms with Gasteiger partial charge in [-0.2, -0.15) is 0 Å². The number of amides is 1. The summed E-state index contributed by atoms with van der Waals surface area (Å²) in [6.07, 6.45) is 3.19. The van der Waals surface area contributed by atoms with Crippen LogP contribution in [0.25, 0.3) is 11.3 Å². The molecule has 0 aliphatic rings. The first-order valence-corrected chi connectivity index (χ1v) is 6.98. The van der Waals surface area contributed by atoms with Crippen molar-refractivity contribution in [2.75, 3.05) is 6.54 Å². The quantitative estimate of drug-likeness (QED) is 0.940. The van der Waals surface area contributed by atoms with Gasteiger partial charge in [0.1, 0.15) is 5.60 Å². The molecule has 0 atom stereocenters. The van der Waals surface area contributed by atoms with Gasteiger partial charge in [0.2, 0.25) is 0 Å². The van der Waals surface area contributed by atoms with E-state index in [4.69, 9.17) is 4.74 Å². The van der Waals surface area contributed by atoms with Crippen LogP contribution in [-0.4, -0.2) is 27.8 Å². The average Bonchev–Trinajstić information content (AvgIpc) is 2.86. The number of imidazole rings is 1. The fourth-order valence-corrected chi connectivity index (χ4v) is 1.94. The van der Waals surface area contributed by atoms with Crippen LogP contribution in [-0.2, 0) is 11.3 Å². The molecule has 5 nitrogen and oxygen atoms in total. The number of nitrogens with one attached hydrogen (secondary N) is 1. The summed E-state index contributed by atoms with van der Waals surface area (Å²) in [7, 11) is 0. The molecular weight excluding hydrogens is 266 g/mol. The van der Waals surface area contributed by atoms with Crippen LogP contribution in [0.5, 0.6) is 0 Å². The summed E-state index contributed by atoms with van der Waals surface area (Å²) in [5.41, 5.74) is 1.66. The molecule has 0 spiro atoms. The van der Waals surface area contributed by atoms with Crippen LogP contribution in [0.4, 0.5) is 4.79 Å². The van der Waals surface area contributed by atoms with Crippen LogP contribution < -0.4 is 5.32 Å². The topological polar surface area (TPSA) is 56.1 Å². The maximum absolute atomic E-state index is 11.6. The van der Waals surface area contributed by atoms with Gasteiger partial charge >= 0.3 is 6.09 Å². The Morgan fingerprint density at radius 2 is 2.00 bits per heavy atom. The van der Waals surface area contributed by atoms with E-state index < -0.39 is 11.7 Å². The van der Waals surface area contributed by atoms with E-state index in [1.807, 2.05) is 61.9 Å². The Morgan fingerprint density at radius 1 is 1.29 bits per heavy atom. The summed E-state index contributed by atoms with van der Waals surface area (Å²) in [5, 5.41) is 2.75. The largest absolute Gasteiger partial charge is 0.444 e. The lowest BCUT2D eigenvalue weighted by Crippen LogP contribution is -2.34. The van der Waals surface area contributed by atoms with Crippen molar-refractivity contribution in [1.29, 1.82) is 0 Å². The Bertz CT molecular complexity index is 585. The minimum Gasteiger partial charge on any atom is -0.444 e.